The highest BCUT2D eigenvalue weighted by Crippen LogP contribution is 2.20. The lowest BCUT2D eigenvalue weighted by molar-refractivity contribution is 0.590. The monoisotopic (exact) mass is 178 g/mol. The van der Waals surface area contributed by atoms with Crippen molar-refractivity contribution in [2.45, 2.75) is 46.5 Å². The largest absolute Gasteiger partial charge is 0.0656 e. The fourth-order valence-corrected chi connectivity index (χ4v) is 0.938. The molecule has 0 nitrogen and oxygen atoms in total. The van der Waals surface area contributed by atoms with Crippen LogP contribution in [0.5, 0.6) is 0 Å². The predicted molar refractivity (Wildman–Crippen MR) is 61.1 cm³/mol. The molecule has 0 heteroatoms. The summed E-state index contributed by atoms with van der Waals surface area (Å²) >= 11 is 0. The van der Waals surface area contributed by atoms with E-state index in [2.05, 4.69) is 65.0 Å². The van der Waals surface area contributed by atoms with Gasteiger partial charge < -0.3 is 0 Å². The Balaban J connectivity index is 0.000000424. The minimum absolute atomic E-state index is 0.293. The molecule has 0 unspecified atom stereocenters. The van der Waals surface area contributed by atoms with Crippen molar-refractivity contribution in [1.29, 1.82) is 0 Å². The van der Waals surface area contributed by atoms with Crippen molar-refractivity contribution in [3.8, 4) is 0 Å². The quantitative estimate of drug-likeness (QED) is 0.552. The number of hydrogen-bond donors (Lipinski definition) is 0. The third-order valence-electron chi connectivity index (χ3n) is 1.64. The second-order valence-corrected chi connectivity index (χ2v) is 4.32. The van der Waals surface area contributed by atoms with Crippen molar-refractivity contribution in [3.63, 3.8) is 0 Å². The number of rotatable bonds is 0. The van der Waals surface area contributed by atoms with Gasteiger partial charge in [0.15, 0.2) is 0 Å². The summed E-state index contributed by atoms with van der Waals surface area (Å²) in [5.41, 5.74) is 1.69. The van der Waals surface area contributed by atoms with E-state index >= 15 is 0 Å². The first-order chi connectivity index (χ1) is 6.02. The van der Waals surface area contributed by atoms with E-state index in [9.17, 15) is 0 Å². The van der Waals surface area contributed by atoms with E-state index in [1.165, 1.54) is 12.0 Å². The Labute approximate surface area is 83.0 Å². The van der Waals surface area contributed by atoms with Gasteiger partial charge in [0, 0.05) is 0 Å². The average Bonchev–Trinajstić information content (AvgIpc) is 2.06. The van der Waals surface area contributed by atoms with Crippen LogP contribution in [0.1, 0.15) is 46.6 Å². The van der Waals surface area contributed by atoms with Crippen molar-refractivity contribution in [2.24, 2.45) is 0 Å². The summed E-state index contributed by atoms with van der Waals surface area (Å²) in [6, 6.07) is 10.6. The number of hydrogen-bond acceptors (Lipinski definition) is 0. The Bertz CT molecular complexity index is 203. The molecule has 1 aromatic rings. The van der Waals surface area contributed by atoms with Crippen molar-refractivity contribution in [1.82, 2.24) is 0 Å². The van der Waals surface area contributed by atoms with Crippen molar-refractivity contribution in [3.05, 3.63) is 35.9 Å². The van der Waals surface area contributed by atoms with E-state index in [1.54, 1.807) is 0 Å². The summed E-state index contributed by atoms with van der Waals surface area (Å²) in [5, 5.41) is 0. The molecular formula is C13H22. The summed E-state index contributed by atoms with van der Waals surface area (Å²) in [4.78, 5) is 0. The molecular weight excluding hydrogens is 156 g/mol. The average molecular weight is 178 g/mol. The van der Waals surface area contributed by atoms with Crippen LogP contribution in [0, 0.1) is 0 Å². The van der Waals surface area contributed by atoms with Gasteiger partial charge in [0.25, 0.3) is 0 Å². The lowest BCUT2D eigenvalue weighted by Gasteiger charge is -2.18. The van der Waals surface area contributed by atoms with Crippen LogP contribution in [-0.4, -0.2) is 0 Å². The fraction of sp³-hybridized carbons (Fsp3) is 0.538. The molecule has 0 aromatic heterocycles. The standard InChI is InChI=1S/C10H14.C3H8/c1-10(2,3)9-7-5-4-6-8-9;1-3-2/h4-8H,1-3H3;3H2,1-2H3. The molecule has 0 amide bonds. The van der Waals surface area contributed by atoms with Crippen LogP contribution in [0.4, 0.5) is 0 Å². The summed E-state index contributed by atoms with van der Waals surface area (Å²) < 4.78 is 0. The van der Waals surface area contributed by atoms with Gasteiger partial charge >= 0.3 is 0 Å². The Morgan fingerprint density at radius 1 is 0.923 bits per heavy atom. The summed E-state index contributed by atoms with van der Waals surface area (Å²) in [5.74, 6) is 0. The smallest absolute Gasteiger partial charge is 0.0132 e. The van der Waals surface area contributed by atoms with Crippen LogP contribution in [0.2, 0.25) is 0 Å². The van der Waals surface area contributed by atoms with Crippen LogP contribution in [0.25, 0.3) is 0 Å². The third-order valence-corrected chi connectivity index (χ3v) is 1.64. The lowest BCUT2D eigenvalue weighted by atomic mass is 9.87. The molecule has 0 radical (unpaired) electrons. The zero-order valence-electron chi connectivity index (χ0n) is 9.59. The van der Waals surface area contributed by atoms with Gasteiger partial charge in [-0.3, -0.25) is 0 Å². The molecule has 1 rings (SSSR count). The molecule has 0 aliphatic carbocycles. The maximum Gasteiger partial charge on any atom is -0.0132 e. The Morgan fingerprint density at radius 2 is 1.31 bits per heavy atom. The summed E-state index contributed by atoms with van der Waals surface area (Å²) in [6.45, 7) is 10.9. The van der Waals surface area contributed by atoms with Crippen LogP contribution >= 0.6 is 0 Å². The van der Waals surface area contributed by atoms with Gasteiger partial charge in [-0.05, 0) is 11.0 Å². The topological polar surface area (TPSA) is 0 Å². The van der Waals surface area contributed by atoms with Gasteiger partial charge in [-0.25, -0.2) is 0 Å². The Kier molecular flexibility index (Phi) is 5.45. The van der Waals surface area contributed by atoms with Crippen molar-refractivity contribution in [2.75, 3.05) is 0 Å². The normalized spacial score (nSPS) is 10.2. The van der Waals surface area contributed by atoms with E-state index in [0.717, 1.165) is 0 Å². The Hall–Kier alpha value is -0.780. The van der Waals surface area contributed by atoms with E-state index in [0.29, 0.717) is 5.41 Å². The van der Waals surface area contributed by atoms with Crippen LogP contribution in [-0.2, 0) is 5.41 Å². The molecule has 0 spiro atoms. The molecule has 74 valence electrons. The third kappa shape index (κ3) is 5.46. The lowest BCUT2D eigenvalue weighted by Crippen LogP contribution is -2.10. The van der Waals surface area contributed by atoms with Crippen LogP contribution < -0.4 is 0 Å². The minimum atomic E-state index is 0.293. The summed E-state index contributed by atoms with van der Waals surface area (Å²) in [6.07, 6.45) is 1.25. The zero-order valence-corrected chi connectivity index (χ0v) is 9.59. The molecule has 0 N–H and O–H groups in total. The molecule has 0 aliphatic heterocycles. The van der Waals surface area contributed by atoms with E-state index in [1.807, 2.05) is 0 Å². The fourth-order valence-electron chi connectivity index (χ4n) is 0.938. The molecule has 1 aromatic carbocycles. The first-order valence-corrected chi connectivity index (χ1v) is 5.07. The highest BCUT2D eigenvalue weighted by atomic mass is 14.2. The Morgan fingerprint density at radius 3 is 1.54 bits per heavy atom. The van der Waals surface area contributed by atoms with Gasteiger partial charge in [0.1, 0.15) is 0 Å². The first-order valence-electron chi connectivity index (χ1n) is 5.07. The second kappa shape index (κ2) is 5.80. The molecule has 0 saturated carbocycles. The molecule has 0 heterocycles. The maximum atomic E-state index is 2.22. The number of benzene rings is 1. The highest BCUT2D eigenvalue weighted by molar-refractivity contribution is 5.21. The first kappa shape index (κ1) is 12.2. The van der Waals surface area contributed by atoms with E-state index in [-0.39, 0.29) is 0 Å². The summed E-state index contributed by atoms with van der Waals surface area (Å²) in [7, 11) is 0. The van der Waals surface area contributed by atoms with Gasteiger partial charge in [0.2, 0.25) is 0 Å². The van der Waals surface area contributed by atoms with Gasteiger partial charge in [-0.15, -0.1) is 0 Å². The van der Waals surface area contributed by atoms with Gasteiger partial charge in [-0.2, -0.15) is 0 Å². The van der Waals surface area contributed by atoms with E-state index in [4.69, 9.17) is 0 Å². The van der Waals surface area contributed by atoms with Gasteiger partial charge in [-0.1, -0.05) is 71.4 Å². The van der Waals surface area contributed by atoms with Crippen LogP contribution in [0.15, 0.2) is 30.3 Å². The molecule has 0 atom stereocenters. The highest BCUT2D eigenvalue weighted by Gasteiger charge is 2.11. The van der Waals surface area contributed by atoms with Crippen LogP contribution in [0.3, 0.4) is 0 Å². The predicted octanol–water partition coefficient (Wildman–Crippen LogP) is 4.40. The molecule has 0 aliphatic rings. The molecule has 13 heavy (non-hydrogen) atoms. The van der Waals surface area contributed by atoms with Crippen molar-refractivity contribution < 1.29 is 0 Å². The second-order valence-electron chi connectivity index (χ2n) is 4.32. The van der Waals surface area contributed by atoms with E-state index < -0.39 is 0 Å². The minimum Gasteiger partial charge on any atom is -0.0656 e. The van der Waals surface area contributed by atoms with Gasteiger partial charge in [0.05, 0.1) is 0 Å². The van der Waals surface area contributed by atoms with Crippen molar-refractivity contribution >= 4 is 0 Å². The molecule has 0 bridgehead atoms. The molecule has 0 fully saturated rings. The SMILES string of the molecule is CC(C)(C)c1ccccc1.CCC. The maximum absolute atomic E-state index is 2.22. The molecule has 0 saturated heterocycles. The zero-order chi connectivity index (χ0) is 10.3.